The van der Waals surface area contributed by atoms with Crippen LogP contribution in [-0.2, 0) is 9.53 Å². The summed E-state index contributed by atoms with van der Waals surface area (Å²) in [5.41, 5.74) is -3.95. The van der Waals surface area contributed by atoms with Gasteiger partial charge in [0.05, 0.1) is 11.6 Å². The fraction of sp³-hybridized carbons (Fsp3) is 0.222. The number of carbonyl (C=O) groups excluding carboxylic acids is 2. The van der Waals surface area contributed by atoms with Crippen molar-refractivity contribution in [3.63, 3.8) is 0 Å². The molecule has 1 atom stereocenters. The van der Waals surface area contributed by atoms with Gasteiger partial charge in [0.25, 0.3) is 0 Å². The van der Waals surface area contributed by atoms with E-state index in [1.807, 2.05) is 5.32 Å². The molecule has 0 heterocycles. The van der Waals surface area contributed by atoms with E-state index in [1.165, 1.54) is 42.6 Å². The van der Waals surface area contributed by atoms with Gasteiger partial charge in [-0.25, -0.2) is 14.0 Å². The van der Waals surface area contributed by atoms with Crippen molar-refractivity contribution < 1.29 is 36.6 Å². The smallest absolute Gasteiger partial charge is 0.460 e. The van der Waals surface area contributed by atoms with Gasteiger partial charge in [-0.1, -0.05) is 29.8 Å². The van der Waals surface area contributed by atoms with Crippen molar-refractivity contribution in [3.05, 3.63) is 59.4 Å². The topological polar surface area (TPSA) is 76.7 Å². The summed E-state index contributed by atoms with van der Waals surface area (Å²) >= 11 is 5.58. The minimum atomic E-state index is -5.40. The molecule has 0 aliphatic rings. The van der Waals surface area contributed by atoms with Crippen molar-refractivity contribution in [2.45, 2.75) is 18.8 Å². The molecular weight excluding hydrogens is 420 g/mol. The van der Waals surface area contributed by atoms with Gasteiger partial charge in [0.1, 0.15) is 11.6 Å². The number of halogens is 5. The number of carbonyl (C=O) groups is 2. The lowest BCUT2D eigenvalue weighted by Crippen LogP contribution is -2.69. The molecule has 0 aliphatic carbocycles. The highest BCUT2D eigenvalue weighted by atomic mass is 35.5. The zero-order valence-corrected chi connectivity index (χ0v) is 15.6. The molecule has 156 valence electrons. The van der Waals surface area contributed by atoms with Crippen molar-refractivity contribution in [2.75, 3.05) is 11.9 Å². The van der Waals surface area contributed by atoms with Crippen LogP contribution >= 0.6 is 11.6 Å². The monoisotopic (exact) mass is 434 g/mol. The van der Waals surface area contributed by atoms with Crippen molar-refractivity contribution in [1.29, 1.82) is 0 Å². The molecule has 0 fully saturated rings. The summed E-state index contributed by atoms with van der Waals surface area (Å²) in [6, 6.07) is 8.09. The van der Waals surface area contributed by atoms with Crippen LogP contribution in [0.5, 0.6) is 5.75 Å². The third kappa shape index (κ3) is 5.29. The molecule has 29 heavy (non-hydrogen) atoms. The Balaban J connectivity index is 2.37. The first kappa shape index (κ1) is 22.3. The standard InChI is InChI=1S/C18H15ClF4N2O4/c1-2-28-15(26)17(18(21,22)23,29-12-6-4-3-5-7-12)25-16(27)24-11-8-9-14(20)13(19)10-11/h3-10H,2H2,1H3,(H2,24,25,27)/t17-/m0/s1. The van der Waals surface area contributed by atoms with Crippen LogP contribution in [0, 0.1) is 5.82 Å². The maximum absolute atomic E-state index is 13.9. The lowest BCUT2D eigenvalue weighted by Gasteiger charge is -2.33. The second-order valence-corrected chi connectivity index (χ2v) is 5.93. The molecule has 0 aromatic heterocycles. The van der Waals surface area contributed by atoms with Crippen LogP contribution in [-0.4, -0.2) is 30.5 Å². The summed E-state index contributed by atoms with van der Waals surface area (Å²) in [5, 5.41) is 3.14. The predicted molar refractivity (Wildman–Crippen MR) is 96.1 cm³/mol. The maximum atomic E-state index is 13.9. The molecule has 2 aromatic rings. The maximum Gasteiger partial charge on any atom is 0.460 e. The molecule has 2 rings (SSSR count). The van der Waals surface area contributed by atoms with E-state index in [9.17, 15) is 27.2 Å². The van der Waals surface area contributed by atoms with Crippen molar-refractivity contribution in [1.82, 2.24) is 5.32 Å². The minimum Gasteiger partial charge on any atom is -0.461 e. The molecule has 6 nitrogen and oxygen atoms in total. The van der Waals surface area contributed by atoms with E-state index in [0.29, 0.717) is 0 Å². The van der Waals surface area contributed by atoms with Gasteiger partial charge in [-0.15, -0.1) is 0 Å². The van der Waals surface area contributed by atoms with Crippen LogP contribution in [0.1, 0.15) is 6.92 Å². The van der Waals surface area contributed by atoms with E-state index in [-0.39, 0.29) is 16.5 Å². The molecular formula is C18H15ClF4N2O4. The van der Waals surface area contributed by atoms with E-state index in [0.717, 1.165) is 18.2 Å². The molecule has 0 spiro atoms. The Morgan fingerprint density at radius 2 is 1.76 bits per heavy atom. The zero-order valence-electron chi connectivity index (χ0n) is 14.8. The predicted octanol–water partition coefficient (Wildman–Crippen LogP) is 4.50. The summed E-state index contributed by atoms with van der Waals surface area (Å²) in [7, 11) is 0. The SMILES string of the molecule is CCOC(=O)[C@](NC(=O)Nc1ccc(F)c(Cl)c1)(Oc1ccccc1)C(F)(F)F. The van der Waals surface area contributed by atoms with E-state index in [4.69, 9.17) is 16.3 Å². The number of alkyl halides is 3. The summed E-state index contributed by atoms with van der Waals surface area (Å²) in [6.07, 6.45) is -5.40. The third-order valence-corrected chi connectivity index (χ3v) is 3.73. The summed E-state index contributed by atoms with van der Waals surface area (Å²) in [6.45, 7) is 0.897. The number of para-hydroxylation sites is 1. The molecule has 0 unspecified atom stereocenters. The van der Waals surface area contributed by atoms with Gasteiger partial charge in [0.2, 0.25) is 0 Å². The van der Waals surface area contributed by atoms with E-state index in [2.05, 4.69) is 4.74 Å². The van der Waals surface area contributed by atoms with E-state index < -0.39 is 36.3 Å². The van der Waals surface area contributed by atoms with Crippen LogP contribution in [0.3, 0.4) is 0 Å². The van der Waals surface area contributed by atoms with Gasteiger partial charge in [-0.2, -0.15) is 13.2 Å². The Bertz CT molecular complexity index is 880. The Morgan fingerprint density at radius 1 is 1.10 bits per heavy atom. The number of anilines is 1. The van der Waals surface area contributed by atoms with Gasteiger partial charge in [-0.05, 0) is 37.3 Å². The van der Waals surface area contributed by atoms with E-state index >= 15 is 0 Å². The third-order valence-electron chi connectivity index (χ3n) is 3.44. The quantitative estimate of drug-likeness (QED) is 0.399. The van der Waals surface area contributed by atoms with Crippen molar-refractivity contribution in [3.8, 4) is 5.75 Å². The lowest BCUT2D eigenvalue weighted by molar-refractivity contribution is -0.259. The number of hydrogen-bond donors (Lipinski definition) is 2. The molecule has 0 bridgehead atoms. The van der Waals surface area contributed by atoms with Gasteiger partial charge in [0.15, 0.2) is 0 Å². The fourth-order valence-electron chi connectivity index (χ4n) is 2.16. The van der Waals surface area contributed by atoms with Gasteiger partial charge in [0, 0.05) is 5.69 Å². The van der Waals surface area contributed by atoms with Gasteiger partial charge >= 0.3 is 23.9 Å². The number of nitrogens with one attached hydrogen (secondary N) is 2. The van der Waals surface area contributed by atoms with Crippen LogP contribution in [0.25, 0.3) is 0 Å². The number of amides is 2. The highest BCUT2D eigenvalue weighted by Crippen LogP contribution is 2.34. The highest BCUT2D eigenvalue weighted by molar-refractivity contribution is 6.31. The first-order chi connectivity index (χ1) is 13.6. The molecule has 2 aromatic carbocycles. The molecule has 2 N–H and O–H groups in total. The first-order valence-corrected chi connectivity index (χ1v) is 8.49. The minimum absolute atomic E-state index is 0.117. The number of urea groups is 1. The van der Waals surface area contributed by atoms with Gasteiger partial charge in [-0.3, -0.25) is 5.32 Å². The van der Waals surface area contributed by atoms with Crippen molar-refractivity contribution in [2.24, 2.45) is 0 Å². The summed E-state index contributed by atoms with van der Waals surface area (Å²) < 4.78 is 64.3. The van der Waals surface area contributed by atoms with Crippen LogP contribution < -0.4 is 15.4 Å². The molecule has 0 saturated heterocycles. The number of esters is 1. The Kier molecular flexibility index (Phi) is 6.91. The number of ether oxygens (including phenoxy) is 2. The Hall–Kier alpha value is -3.01. The van der Waals surface area contributed by atoms with Gasteiger partial charge < -0.3 is 14.8 Å². The summed E-state index contributed by atoms with van der Waals surface area (Å²) in [4.78, 5) is 24.4. The second kappa shape index (κ2) is 8.99. The normalized spacial score (nSPS) is 13.2. The molecule has 0 aliphatic heterocycles. The number of rotatable bonds is 6. The van der Waals surface area contributed by atoms with Crippen molar-refractivity contribution >= 4 is 29.3 Å². The zero-order chi connectivity index (χ0) is 21.7. The highest BCUT2D eigenvalue weighted by Gasteiger charge is 2.66. The van der Waals surface area contributed by atoms with Crippen LogP contribution in [0.15, 0.2) is 48.5 Å². The molecule has 0 saturated carbocycles. The fourth-order valence-corrected chi connectivity index (χ4v) is 2.34. The largest absolute Gasteiger partial charge is 0.461 e. The number of benzene rings is 2. The van der Waals surface area contributed by atoms with Crippen LogP contribution in [0.2, 0.25) is 5.02 Å². The Labute approximate surface area is 167 Å². The lowest BCUT2D eigenvalue weighted by atomic mass is 10.2. The number of hydrogen-bond acceptors (Lipinski definition) is 4. The molecule has 11 heteroatoms. The Morgan fingerprint density at radius 3 is 2.31 bits per heavy atom. The second-order valence-electron chi connectivity index (χ2n) is 5.52. The average molecular weight is 435 g/mol. The van der Waals surface area contributed by atoms with Crippen LogP contribution in [0.4, 0.5) is 28.0 Å². The molecule has 2 amide bonds. The first-order valence-electron chi connectivity index (χ1n) is 8.11. The van der Waals surface area contributed by atoms with E-state index in [1.54, 1.807) is 0 Å². The summed E-state index contributed by atoms with van der Waals surface area (Å²) in [5.74, 6) is -3.01. The molecule has 0 radical (unpaired) electrons. The average Bonchev–Trinajstić information content (AvgIpc) is 2.64.